The SMILES string of the molecule is CCOc1cc2nccc(Nc3cccc(CNCc4ccncc4)c3CC)c2cc1OCC. The van der Waals surface area contributed by atoms with Gasteiger partial charge in [-0.3, -0.25) is 9.97 Å². The molecule has 0 amide bonds. The molecule has 0 saturated heterocycles. The predicted molar refractivity (Wildman–Crippen MR) is 138 cm³/mol. The van der Waals surface area contributed by atoms with Crippen LogP contribution in [0.1, 0.15) is 37.5 Å². The highest BCUT2D eigenvalue weighted by Crippen LogP contribution is 2.36. The zero-order valence-corrected chi connectivity index (χ0v) is 20.1. The predicted octanol–water partition coefficient (Wildman–Crippen LogP) is 6.02. The zero-order chi connectivity index (χ0) is 23.8. The van der Waals surface area contributed by atoms with Gasteiger partial charge in [-0.25, -0.2) is 0 Å². The lowest BCUT2D eigenvalue weighted by atomic mass is 10.0. The van der Waals surface area contributed by atoms with Crippen LogP contribution < -0.4 is 20.1 Å². The fourth-order valence-corrected chi connectivity index (χ4v) is 4.12. The van der Waals surface area contributed by atoms with Crippen LogP contribution in [0.3, 0.4) is 0 Å². The molecule has 2 N–H and O–H groups in total. The van der Waals surface area contributed by atoms with Crippen LogP contribution in [-0.4, -0.2) is 23.2 Å². The van der Waals surface area contributed by atoms with Gasteiger partial charge in [0, 0.05) is 54.5 Å². The first kappa shape index (κ1) is 23.5. The first-order valence-corrected chi connectivity index (χ1v) is 11.9. The second-order valence-electron chi connectivity index (χ2n) is 7.92. The maximum absolute atomic E-state index is 5.85. The number of aromatic nitrogens is 2. The topological polar surface area (TPSA) is 68.3 Å². The molecule has 2 aromatic carbocycles. The molecule has 6 nitrogen and oxygen atoms in total. The minimum Gasteiger partial charge on any atom is -0.490 e. The molecule has 0 radical (unpaired) electrons. The third-order valence-corrected chi connectivity index (χ3v) is 5.70. The molecule has 4 rings (SSSR count). The van der Waals surface area contributed by atoms with E-state index in [2.05, 4.69) is 45.7 Å². The summed E-state index contributed by atoms with van der Waals surface area (Å²) in [6.07, 6.45) is 6.41. The van der Waals surface area contributed by atoms with Crippen LogP contribution in [0.25, 0.3) is 10.9 Å². The molecule has 0 atom stereocenters. The second kappa shape index (κ2) is 11.5. The Balaban J connectivity index is 1.61. The van der Waals surface area contributed by atoms with Gasteiger partial charge in [-0.1, -0.05) is 19.1 Å². The Hall–Kier alpha value is -3.64. The zero-order valence-electron chi connectivity index (χ0n) is 20.1. The second-order valence-corrected chi connectivity index (χ2v) is 7.92. The number of nitrogens with one attached hydrogen (secondary N) is 2. The molecule has 0 aliphatic heterocycles. The summed E-state index contributed by atoms with van der Waals surface area (Å²) in [5.41, 5.74) is 6.77. The highest BCUT2D eigenvalue weighted by atomic mass is 16.5. The highest BCUT2D eigenvalue weighted by molar-refractivity contribution is 5.95. The molecule has 2 aromatic heterocycles. The van der Waals surface area contributed by atoms with Gasteiger partial charge in [-0.15, -0.1) is 0 Å². The van der Waals surface area contributed by atoms with Crippen molar-refractivity contribution in [2.45, 2.75) is 40.3 Å². The maximum atomic E-state index is 5.85. The lowest BCUT2D eigenvalue weighted by Crippen LogP contribution is -2.14. The molecular weight excluding hydrogens is 424 g/mol. The van der Waals surface area contributed by atoms with Gasteiger partial charge >= 0.3 is 0 Å². The summed E-state index contributed by atoms with van der Waals surface area (Å²) in [6.45, 7) is 8.89. The van der Waals surface area contributed by atoms with E-state index < -0.39 is 0 Å². The molecule has 2 heterocycles. The number of ether oxygens (including phenoxy) is 2. The van der Waals surface area contributed by atoms with Crippen LogP contribution in [0.5, 0.6) is 11.5 Å². The van der Waals surface area contributed by atoms with Crippen LogP contribution in [0.15, 0.2) is 67.1 Å². The number of rotatable bonds is 11. The molecule has 0 fully saturated rings. The van der Waals surface area contributed by atoms with Crippen molar-refractivity contribution in [1.29, 1.82) is 0 Å². The third-order valence-electron chi connectivity index (χ3n) is 5.70. The van der Waals surface area contributed by atoms with E-state index in [4.69, 9.17) is 9.47 Å². The fourth-order valence-electron chi connectivity index (χ4n) is 4.12. The molecule has 0 aliphatic carbocycles. The molecule has 176 valence electrons. The Kier molecular flexibility index (Phi) is 7.94. The minimum atomic E-state index is 0.573. The first-order chi connectivity index (χ1) is 16.7. The van der Waals surface area contributed by atoms with E-state index in [1.807, 2.05) is 62.8 Å². The van der Waals surface area contributed by atoms with Crippen molar-refractivity contribution < 1.29 is 9.47 Å². The van der Waals surface area contributed by atoms with Crippen molar-refractivity contribution >= 4 is 22.3 Å². The summed E-state index contributed by atoms with van der Waals surface area (Å²) >= 11 is 0. The Morgan fingerprint density at radius 1 is 0.794 bits per heavy atom. The third kappa shape index (κ3) is 5.46. The lowest BCUT2D eigenvalue weighted by molar-refractivity contribution is 0.288. The Morgan fingerprint density at radius 3 is 2.29 bits per heavy atom. The average Bonchev–Trinajstić information content (AvgIpc) is 2.86. The average molecular weight is 457 g/mol. The smallest absolute Gasteiger partial charge is 0.163 e. The molecule has 0 saturated carbocycles. The van der Waals surface area contributed by atoms with Crippen molar-refractivity contribution in [1.82, 2.24) is 15.3 Å². The number of pyridine rings is 2. The van der Waals surface area contributed by atoms with Gasteiger partial charge in [0.1, 0.15) is 0 Å². The van der Waals surface area contributed by atoms with E-state index in [0.29, 0.717) is 13.2 Å². The summed E-state index contributed by atoms with van der Waals surface area (Å²) in [6, 6.07) is 16.5. The summed E-state index contributed by atoms with van der Waals surface area (Å²) in [7, 11) is 0. The summed E-state index contributed by atoms with van der Waals surface area (Å²) in [4.78, 5) is 8.65. The van der Waals surface area contributed by atoms with Crippen molar-refractivity contribution in [2.75, 3.05) is 18.5 Å². The minimum absolute atomic E-state index is 0.573. The number of hydrogen-bond donors (Lipinski definition) is 2. The quantitative estimate of drug-likeness (QED) is 0.287. The molecule has 0 bridgehead atoms. The van der Waals surface area contributed by atoms with Crippen molar-refractivity contribution in [3.05, 3.63) is 83.8 Å². The Labute approximate surface area is 201 Å². The van der Waals surface area contributed by atoms with E-state index >= 15 is 0 Å². The normalized spacial score (nSPS) is 10.9. The van der Waals surface area contributed by atoms with Crippen LogP contribution in [0.4, 0.5) is 11.4 Å². The van der Waals surface area contributed by atoms with Gasteiger partial charge in [0.15, 0.2) is 11.5 Å². The largest absolute Gasteiger partial charge is 0.490 e. The standard InChI is InChI=1S/C28H32N4O2/c1-4-22-21(19-30-18-20-10-13-29-14-11-20)8-7-9-24(22)32-25-12-15-31-26-17-28(34-6-3)27(33-5-2)16-23(25)26/h7-17,30H,4-6,18-19H2,1-3H3,(H,31,32). The molecule has 34 heavy (non-hydrogen) atoms. The first-order valence-electron chi connectivity index (χ1n) is 11.9. The lowest BCUT2D eigenvalue weighted by Gasteiger charge is -2.18. The molecule has 0 aliphatic rings. The van der Waals surface area contributed by atoms with Crippen LogP contribution in [0.2, 0.25) is 0 Å². The van der Waals surface area contributed by atoms with E-state index in [9.17, 15) is 0 Å². The van der Waals surface area contributed by atoms with Gasteiger partial charge < -0.3 is 20.1 Å². The van der Waals surface area contributed by atoms with E-state index in [1.54, 1.807) is 0 Å². The van der Waals surface area contributed by atoms with Gasteiger partial charge in [-0.05, 0) is 67.3 Å². The number of anilines is 2. The number of fused-ring (bicyclic) bond motifs is 1. The van der Waals surface area contributed by atoms with Gasteiger partial charge in [-0.2, -0.15) is 0 Å². The van der Waals surface area contributed by atoms with Crippen LogP contribution in [0, 0.1) is 0 Å². The van der Waals surface area contributed by atoms with Crippen LogP contribution in [-0.2, 0) is 19.5 Å². The van der Waals surface area contributed by atoms with Crippen molar-refractivity contribution in [2.24, 2.45) is 0 Å². The van der Waals surface area contributed by atoms with Gasteiger partial charge in [0.2, 0.25) is 0 Å². The fraction of sp³-hybridized carbons (Fsp3) is 0.286. The highest BCUT2D eigenvalue weighted by Gasteiger charge is 2.13. The maximum Gasteiger partial charge on any atom is 0.163 e. The van der Waals surface area contributed by atoms with Gasteiger partial charge in [0.25, 0.3) is 0 Å². The Morgan fingerprint density at radius 2 is 1.56 bits per heavy atom. The summed E-state index contributed by atoms with van der Waals surface area (Å²) < 4.78 is 11.6. The monoisotopic (exact) mass is 456 g/mol. The van der Waals surface area contributed by atoms with Gasteiger partial charge in [0.05, 0.1) is 18.7 Å². The Bertz CT molecular complexity index is 1230. The number of hydrogen-bond acceptors (Lipinski definition) is 6. The molecular formula is C28H32N4O2. The van der Waals surface area contributed by atoms with E-state index in [-0.39, 0.29) is 0 Å². The van der Waals surface area contributed by atoms with Crippen molar-refractivity contribution in [3.8, 4) is 11.5 Å². The summed E-state index contributed by atoms with van der Waals surface area (Å²) in [5.74, 6) is 1.45. The summed E-state index contributed by atoms with van der Waals surface area (Å²) in [5, 5.41) is 8.22. The molecule has 0 spiro atoms. The van der Waals surface area contributed by atoms with E-state index in [0.717, 1.165) is 53.3 Å². The van der Waals surface area contributed by atoms with E-state index in [1.165, 1.54) is 16.7 Å². The number of nitrogens with zero attached hydrogens (tertiary/aromatic N) is 2. The molecule has 4 aromatic rings. The number of benzene rings is 2. The molecule has 0 unspecified atom stereocenters. The van der Waals surface area contributed by atoms with Crippen LogP contribution >= 0.6 is 0 Å². The molecule has 6 heteroatoms. The van der Waals surface area contributed by atoms with Crippen molar-refractivity contribution in [3.63, 3.8) is 0 Å².